The van der Waals surface area contributed by atoms with Gasteiger partial charge in [-0.25, -0.2) is 0 Å². The van der Waals surface area contributed by atoms with Crippen LogP contribution < -0.4 is 15.8 Å². The van der Waals surface area contributed by atoms with Crippen LogP contribution in [0.1, 0.15) is 24.9 Å². The van der Waals surface area contributed by atoms with Crippen LogP contribution in [-0.2, 0) is 9.53 Å². The Kier molecular flexibility index (Phi) is 6.92. The average molecular weight is 266 g/mol. The fourth-order valence-corrected chi connectivity index (χ4v) is 1.63. The average Bonchev–Trinajstić information content (AvgIpc) is 2.45. The molecule has 1 atom stereocenters. The second-order valence-electron chi connectivity index (χ2n) is 4.18. The van der Waals surface area contributed by atoms with Crippen molar-refractivity contribution in [1.82, 2.24) is 5.32 Å². The summed E-state index contributed by atoms with van der Waals surface area (Å²) in [6, 6.07) is 7.45. The lowest BCUT2D eigenvalue weighted by atomic mass is 10.0. The van der Waals surface area contributed by atoms with Crippen molar-refractivity contribution in [2.45, 2.75) is 19.4 Å². The zero-order valence-electron chi connectivity index (χ0n) is 11.5. The van der Waals surface area contributed by atoms with Gasteiger partial charge in [0.2, 0.25) is 0 Å². The Bertz CT molecular complexity index is 396. The smallest absolute Gasteiger partial charge is 0.258 e. The van der Waals surface area contributed by atoms with Gasteiger partial charge in [-0.3, -0.25) is 4.79 Å². The maximum Gasteiger partial charge on any atom is 0.258 e. The molecule has 0 aliphatic rings. The first kappa shape index (κ1) is 15.5. The molecule has 0 heterocycles. The Labute approximate surface area is 114 Å². The lowest BCUT2D eigenvalue weighted by Gasteiger charge is -2.15. The van der Waals surface area contributed by atoms with E-state index in [1.165, 1.54) is 0 Å². The van der Waals surface area contributed by atoms with Crippen molar-refractivity contribution < 1.29 is 14.3 Å². The molecule has 0 spiro atoms. The number of hydrogen-bond acceptors (Lipinski definition) is 4. The van der Waals surface area contributed by atoms with Gasteiger partial charge in [-0.15, -0.1) is 0 Å². The van der Waals surface area contributed by atoms with Gasteiger partial charge in [-0.05, 0) is 12.5 Å². The summed E-state index contributed by atoms with van der Waals surface area (Å²) in [7, 11) is 1.59. The molecule has 0 unspecified atom stereocenters. The van der Waals surface area contributed by atoms with E-state index in [1.54, 1.807) is 7.11 Å². The molecule has 0 aliphatic carbocycles. The van der Waals surface area contributed by atoms with Crippen molar-refractivity contribution in [2.24, 2.45) is 5.73 Å². The number of ether oxygens (including phenoxy) is 2. The highest BCUT2D eigenvalue weighted by Crippen LogP contribution is 2.25. The minimum Gasteiger partial charge on any atom is -0.483 e. The van der Waals surface area contributed by atoms with Crippen molar-refractivity contribution in [1.29, 1.82) is 0 Å². The largest absolute Gasteiger partial charge is 0.483 e. The SMILES string of the molecule is CC[C@H](N)c1ccccc1OCC(=O)NCCOC. The van der Waals surface area contributed by atoms with Crippen molar-refractivity contribution in [3.05, 3.63) is 29.8 Å². The summed E-state index contributed by atoms with van der Waals surface area (Å²) >= 11 is 0. The number of nitrogens with two attached hydrogens (primary N) is 1. The Morgan fingerprint density at radius 3 is 2.84 bits per heavy atom. The first-order chi connectivity index (χ1) is 9.19. The van der Waals surface area contributed by atoms with Crippen molar-refractivity contribution in [3.8, 4) is 5.75 Å². The summed E-state index contributed by atoms with van der Waals surface area (Å²) < 4.78 is 10.4. The van der Waals surface area contributed by atoms with Crippen LogP contribution in [-0.4, -0.2) is 32.8 Å². The van der Waals surface area contributed by atoms with E-state index in [2.05, 4.69) is 5.32 Å². The Hall–Kier alpha value is -1.59. The van der Waals surface area contributed by atoms with Crippen LogP contribution in [0.5, 0.6) is 5.75 Å². The number of hydrogen-bond donors (Lipinski definition) is 2. The third-order valence-corrected chi connectivity index (χ3v) is 2.75. The predicted octanol–water partition coefficient (Wildman–Crippen LogP) is 1.24. The lowest BCUT2D eigenvalue weighted by Crippen LogP contribution is -2.31. The van der Waals surface area contributed by atoms with Crippen LogP contribution in [0.4, 0.5) is 0 Å². The molecule has 1 amide bonds. The summed E-state index contributed by atoms with van der Waals surface area (Å²) in [5.41, 5.74) is 6.93. The molecule has 0 saturated carbocycles. The van der Waals surface area contributed by atoms with Crippen LogP contribution in [0.2, 0.25) is 0 Å². The fourth-order valence-electron chi connectivity index (χ4n) is 1.63. The van der Waals surface area contributed by atoms with Gasteiger partial charge in [0, 0.05) is 25.3 Å². The summed E-state index contributed by atoms with van der Waals surface area (Å²) in [5.74, 6) is 0.496. The molecule has 106 valence electrons. The number of rotatable bonds is 8. The molecule has 0 fully saturated rings. The highest BCUT2D eigenvalue weighted by atomic mass is 16.5. The van der Waals surface area contributed by atoms with Crippen LogP contribution in [0.25, 0.3) is 0 Å². The number of carbonyl (C=O) groups excluding carboxylic acids is 1. The number of carbonyl (C=O) groups is 1. The Morgan fingerprint density at radius 2 is 2.16 bits per heavy atom. The highest BCUT2D eigenvalue weighted by molar-refractivity contribution is 5.77. The van der Waals surface area contributed by atoms with Crippen LogP contribution in [0, 0.1) is 0 Å². The van der Waals surface area contributed by atoms with Gasteiger partial charge < -0.3 is 20.5 Å². The number of nitrogens with one attached hydrogen (secondary N) is 1. The maximum absolute atomic E-state index is 11.5. The van der Waals surface area contributed by atoms with Crippen LogP contribution in [0.15, 0.2) is 24.3 Å². The Morgan fingerprint density at radius 1 is 1.42 bits per heavy atom. The van der Waals surface area contributed by atoms with Gasteiger partial charge >= 0.3 is 0 Å². The molecule has 0 aliphatic heterocycles. The minimum absolute atomic E-state index is 0.0167. The van der Waals surface area contributed by atoms with Crippen LogP contribution >= 0.6 is 0 Å². The highest BCUT2D eigenvalue weighted by Gasteiger charge is 2.11. The first-order valence-electron chi connectivity index (χ1n) is 6.42. The molecular weight excluding hydrogens is 244 g/mol. The van der Waals surface area contributed by atoms with Crippen molar-refractivity contribution >= 4 is 5.91 Å². The van der Waals surface area contributed by atoms with E-state index in [1.807, 2.05) is 31.2 Å². The van der Waals surface area contributed by atoms with E-state index in [-0.39, 0.29) is 18.6 Å². The molecule has 1 rings (SSSR count). The number of para-hydroxylation sites is 1. The summed E-state index contributed by atoms with van der Waals surface area (Å²) in [5, 5.41) is 2.70. The molecule has 3 N–H and O–H groups in total. The van der Waals surface area contributed by atoms with E-state index in [4.69, 9.17) is 15.2 Å². The molecule has 5 nitrogen and oxygen atoms in total. The third kappa shape index (κ3) is 5.28. The topological polar surface area (TPSA) is 73.6 Å². The molecule has 5 heteroatoms. The lowest BCUT2D eigenvalue weighted by molar-refractivity contribution is -0.123. The van der Waals surface area contributed by atoms with Gasteiger partial charge in [-0.2, -0.15) is 0 Å². The van der Waals surface area contributed by atoms with Gasteiger partial charge in [-0.1, -0.05) is 25.1 Å². The predicted molar refractivity (Wildman–Crippen MR) is 74.0 cm³/mol. The van der Waals surface area contributed by atoms with Gasteiger partial charge in [0.05, 0.1) is 6.61 Å². The maximum atomic E-state index is 11.5. The van der Waals surface area contributed by atoms with Gasteiger partial charge in [0.25, 0.3) is 5.91 Å². The third-order valence-electron chi connectivity index (χ3n) is 2.75. The first-order valence-corrected chi connectivity index (χ1v) is 6.42. The summed E-state index contributed by atoms with van der Waals surface area (Å²) in [4.78, 5) is 11.5. The van der Waals surface area contributed by atoms with Gasteiger partial charge in [0.1, 0.15) is 5.75 Å². The summed E-state index contributed by atoms with van der Waals surface area (Å²) in [6.45, 7) is 2.97. The zero-order chi connectivity index (χ0) is 14.1. The normalized spacial score (nSPS) is 11.9. The van der Waals surface area contributed by atoms with E-state index in [0.717, 1.165) is 12.0 Å². The van der Waals surface area contributed by atoms with Gasteiger partial charge in [0.15, 0.2) is 6.61 Å². The van der Waals surface area contributed by atoms with Crippen LogP contribution in [0.3, 0.4) is 0 Å². The minimum atomic E-state index is -0.170. The number of benzene rings is 1. The summed E-state index contributed by atoms with van der Waals surface area (Å²) in [6.07, 6.45) is 0.820. The molecule has 0 bridgehead atoms. The molecule has 0 radical (unpaired) electrons. The van der Waals surface area contributed by atoms with Crippen molar-refractivity contribution in [2.75, 3.05) is 26.9 Å². The molecule has 1 aromatic carbocycles. The quantitative estimate of drug-likeness (QED) is 0.694. The second kappa shape index (κ2) is 8.50. The van der Waals surface area contributed by atoms with E-state index in [9.17, 15) is 4.79 Å². The molecule has 0 aromatic heterocycles. The standard InChI is InChI=1S/C14H22N2O3/c1-3-12(15)11-6-4-5-7-13(11)19-10-14(17)16-8-9-18-2/h4-7,12H,3,8-10,15H2,1-2H3,(H,16,17)/t12-/m0/s1. The zero-order valence-corrected chi connectivity index (χ0v) is 11.5. The molecular formula is C14H22N2O3. The monoisotopic (exact) mass is 266 g/mol. The Balaban J connectivity index is 2.50. The van der Waals surface area contributed by atoms with Crippen molar-refractivity contribution in [3.63, 3.8) is 0 Å². The molecule has 0 saturated heterocycles. The van der Waals surface area contributed by atoms with E-state index < -0.39 is 0 Å². The molecule has 1 aromatic rings. The second-order valence-corrected chi connectivity index (χ2v) is 4.18. The van der Waals surface area contributed by atoms with E-state index >= 15 is 0 Å². The fraction of sp³-hybridized carbons (Fsp3) is 0.500. The number of methoxy groups -OCH3 is 1. The number of amides is 1. The van der Waals surface area contributed by atoms with E-state index in [0.29, 0.717) is 18.9 Å². The molecule has 19 heavy (non-hydrogen) atoms.